The summed E-state index contributed by atoms with van der Waals surface area (Å²) in [5, 5.41) is 0. The van der Waals surface area contributed by atoms with Gasteiger partial charge in [0.05, 0.1) is 19.0 Å². The first-order valence-electron chi connectivity index (χ1n) is 8.53. The lowest BCUT2D eigenvalue weighted by Gasteiger charge is -2.08. The number of benzene rings is 1. The molecule has 1 fully saturated rings. The van der Waals surface area contributed by atoms with E-state index in [0.717, 1.165) is 23.5 Å². The van der Waals surface area contributed by atoms with E-state index in [4.69, 9.17) is 9.47 Å². The van der Waals surface area contributed by atoms with Crippen molar-refractivity contribution in [1.82, 2.24) is 9.97 Å². The van der Waals surface area contributed by atoms with Crippen molar-refractivity contribution in [1.29, 1.82) is 0 Å². The van der Waals surface area contributed by atoms with Crippen molar-refractivity contribution in [3.8, 4) is 11.5 Å². The van der Waals surface area contributed by atoms with Gasteiger partial charge >= 0.3 is 0 Å². The first-order chi connectivity index (χ1) is 12.4. The monoisotopic (exact) mass is 332 g/mol. The number of nitrogens with zero attached hydrogens (tertiary/aromatic N) is 2. The fourth-order valence-corrected chi connectivity index (χ4v) is 2.93. The summed E-state index contributed by atoms with van der Waals surface area (Å²) in [6.07, 6.45) is 8.33. The van der Waals surface area contributed by atoms with Crippen molar-refractivity contribution >= 4 is 0 Å². The van der Waals surface area contributed by atoms with Gasteiger partial charge in [0.1, 0.15) is 18.1 Å². The van der Waals surface area contributed by atoms with Gasteiger partial charge in [-0.2, -0.15) is 0 Å². The first kappa shape index (κ1) is 15.6. The Morgan fingerprint density at radius 3 is 2.60 bits per heavy atom. The Balaban J connectivity index is 1.31. The molecule has 3 aromatic rings. The summed E-state index contributed by atoms with van der Waals surface area (Å²) < 4.78 is 11.7. The molecule has 0 aliphatic heterocycles. The number of hydrogen-bond acceptors (Lipinski definition) is 4. The zero-order valence-corrected chi connectivity index (χ0v) is 13.9. The largest absolute Gasteiger partial charge is 0.492 e. The minimum Gasteiger partial charge on any atom is -0.492 e. The van der Waals surface area contributed by atoms with Crippen LogP contribution in [0.15, 0.2) is 73.3 Å². The van der Waals surface area contributed by atoms with Crippen molar-refractivity contribution in [2.45, 2.75) is 18.9 Å². The lowest BCUT2D eigenvalue weighted by Crippen LogP contribution is -2.01. The third kappa shape index (κ3) is 4.15. The molecule has 4 rings (SSSR count). The lowest BCUT2D eigenvalue weighted by molar-refractivity contribution is 0.295. The van der Waals surface area contributed by atoms with Gasteiger partial charge in [-0.15, -0.1) is 0 Å². The van der Waals surface area contributed by atoms with Crippen LogP contribution in [-0.2, 0) is 6.61 Å². The summed E-state index contributed by atoms with van der Waals surface area (Å²) in [5.74, 6) is 2.68. The molecule has 4 nitrogen and oxygen atoms in total. The van der Waals surface area contributed by atoms with E-state index in [2.05, 4.69) is 28.2 Å². The predicted molar refractivity (Wildman–Crippen MR) is 95.6 cm³/mol. The first-order valence-corrected chi connectivity index (χ1v) is 8.53. The van der Waals surface area contributed by atoms with Gasteiger partial charge in [-0.25, -0.2) is 0 Å². The highest BCUT2D eigenvalue weighted by Gasteiger charge is 2.39. The molecule has 4 heteroatoms. The predicted octanol–water partition coefficient (Wildman–Crippen LogP) is 4.24. The topological polar surface area (TPSA) is 44.2 Å². The quantitative estimate of drug-likeness (QED) is 0.649. The standard InChI is InChI=1S/C21H20N2O2/c1-2-5-16(6-3-1)14-24-20-9-17(11-23-13-20)21-10-18(21)15-25-19-7-4-8-22-12-19/h1-9,11-13,18,21H,10,14-15H2/t18-,21-/m1/s1. The van der Waals surface area contributed by atoms with Crippen molar-refractivity contribution < 1.29 is 9.47 Å². The van der Waals surface area contributed by atoms with E-state index < -0.39 is 0 Å². The molecule has 0 bridgehead atoms. The minimum atomic E-state index is 0.504. The van der Waals surface area contributed by atoms with Gasteiger partial charge in [0, 0.05) is 18.3 Å². The molecular formula is C21H20N2O2. The van der Waals surface area contributed by atoms with Crippen LogP contribution in [-0.4, -0.2) is 16.6 Å². The number of hydrogen-bond donors (Lipinski definition) is 0. The molecule has 1 aliphatic rings. The highest BCUT2D eigenvalue weighted by atomic mass is 16.5. The number of aromatic nitrogens is 2. The number of rotatable bonds is 7. The van der Waals surface area contributed by atoms with Crippen LogP contribution in [0.4, 0.5) is 0 Å². The van der Waals surface area contributed by atoms with E-state index >= 15 is 0 Å². The molecular weight excluding hydrogens is 312 g/mol. The molecule has 2 aromatic heterocycles. The van der Waals surface area contributed by atoms with Crippen molar-refractivity contribution in [3.05, 3.63) is 84.4 Å². The number of pyridine rings is 2. The molecule has 0 spiro atoms. The van der Waals surface area contributed by atoms with Crippen LogP contribution >= 0.6 is 0 Å². The van der Waals surface area contributed by atoms with E-state index in [1.165, 1.54) is 5.56 Å². The van der Waals surface area contributed by atoms with Crippen LogP contribution in [0.1, 0.15) is 23.5 Å². The van der Waals surface area contributed by atoms with Gasteiger partial charge in [-0.1, -0.05) is 30.3 Å². The van der Waals surface area contributed by atoms with Gasteiger partial charge in [0.15, 0.2) is 0 Å². The minimum absolute atomic E-state index is 0.504. The maximum Gasteiger partial charge on any atom is 0.138 e. The SMILES string of the molecule is c1ccc(COc2cncc([C@H]3C[C@@H]3COc3cccnc3)c2)cc1. The van der Waals surface area contributed by atoms with E-state index in [1.54, 1.807) is 18.6 Å². The van der Waals surface area contributed by atoms with Crippen LogP contribution in [0, 0.1) is 5.92 Å². The molecule has 1 aromatic carbocycles. The summed E-state index contributed by atoms with van der Waals surface area (Å²) in [5.41, 5.74) is 2.38. The third-order valence-corrected chi connectivity index (χ3v) is 4.43. The average molecular weight is 332 g/mol. The number of ether oxygens (including phenoxy) is 2. The van der Waals surface area contributed by atoms with Crippen LogP contribution in [0.25, 0.3) is 0 Å². The zero-order chi connectivity index (χ0) is 16.9. The molecule has 1 aliphatic carbocycles. The highest BCUT2D eigenvalue weighted by molar-refractivity contribution is 5.31. The molecule has 0 N–H and O–H groups in total. The molecule has 0 unspecified atom stereocenters. The Labute approximate surface area is 147 Å². The van der Waals surface area contributed by atoms with Crippen LogP contribution in [0.5, 0.6) is 11.5 Å². The second kappa shape index (κ2) is 7.34. The smallest absolute Gasteiger partial charge is 0.138 e. The van der Waals surface area contributed by atoms with E-state index in [0.29, 0.717) is 25.0 Å². The molecule has 0 amide bonds. The van der Waals surface area contributed by atoms with Crippen molar-refractivity contribution in [2.75, 3.05) is 6.61 Å². The van der Waals surface area contributed by atoms with Crippen molar-refractivity contribution in [2.24, 2.45) is 5.92 Å². The van der Waals surface area contributed by atoms with Gasteiger partial charge < -0.3 is 9.47 Å². The molecule has 0 radical (unpaired) electrons. The Bertz CT molecular complexity index is 808. The van der Waals surface area contributed by atoms with E-state index in [-0.39, 0.29) is 0 Å². The van der Waals surface area contributed by atoms with Gasteiger partial charge in [-0.05, 0) is 41.7 Å². The highest BCUT2D eigenvalue weighted by Crippen LogP contribution is 2.47. The van der Waals surface area contributed by atoms with E-state index in [9.17, 15) is 0 Å². The molecule has 126 valence electrons. The fourth-order valence-electron chi connectivity index (χ4n) is 2.93. The summed E-state index contributed by atoms with van der Waals surface area (Å²) in [6.45, 7) is 1.27. The van der Waals surface area contributed by atoms with Crippen LogP contribution < -0.4 is 9.47 Å². The Morgan fingerprint density at radius 2 is 1.76 bits per heavy atom. The summed E-state index contributed by atoms with van der Waals surface area (Å²) in [4.78, 5) is 8.40. The normalized spacial score (nSPS) is 18.6. The summed E-state index contributed by atoms with van der Waals surface area (Å²) >= 11 is 0. The maximum atomic E-state index is 5.87. The summed E-state index contributed by atoms with van der Waals surface area (Å²) in [6, 6.07) is 16.1. The molecule has 2 heterocycles. The molecule has 0 saturated heterocycles. The molecule has 25 heavy (non-hydrogen) atoms. The Morgan fingerprint density at radius 1 is 0.880 bits per heavy atom. The average Bonchev–Trinajstić information content (AvgIpc) is 3.46. The maximum absolute atomic E-state index is 5.87. The van der Waals surface area contributed by atoms with Crippen molar-refractivity contribution in [3.63, 3.8) is 0 Å². The molecule has 2 atom stereocenters. The zero-order valence-electron chi connectivity index (χ0n) is 13.9. The van der Waals surface area contributed by atoms with Gasteiger partial charge in [0.2, 0.25) is 0 Å². The van der Waals surface area contributed by atoms with Gasteiger partial charge in [0.25, 0.3) is 0 Å². The Hall–Kier alpha value is -2.88. The van der Waals surface area contributed by atoms with Gasteiger partial charge in [-0.3, -0.25) is 9.97 Å². The molecule has 1 saturated carbocycles. The third-order valence-electron chi connectivity index (χ3n) is 4.43. The van der Waals surface area contributed by atoms with Crippen LogP contribution in [0.3, 0.4) is 0 Å². The van der Waals surface area contributed by atoms with E-state index in [1.807, 2.05) is 36.5 Å². The second-order valence-electron chi connectivity index (χ2n) is 6.33. The Kier molecular flexibility index (Phi) is 4.59. The summed E-state index contributed by atoms with van der Waals surface area (Å²) in [7, 11) is 0. The lowest BCUT2D eigenvalue weighted by atomic mass is 10.1. The fraction of sp³-hybridized carbons (Fsp3) is 0.238. The second-order valence-corrected chi connectivity index (χ2v) is 6.33. The van der Waals surface area contributed by atoms with Crippen LogP contribution in [0.2, 0.25) is 0 Å².